The quantitative estimate of drug-likeness (QED) is 0.732. The third kappa shape index (κ3) is 4.00. The summed E-state index contributed by atoms with van der Waals surface area (Å²) in [6, 6.07) is 0.606. The van der Waals surface area contributed by atoms with Crippen molar-refractivity contribution in [1.29, 1.82) is 0 Å². The van der Waals surface area contributed by atoms with E-state index >= 15 is 0 Å². The Morgan fingerprint density at radius 1 is 1.62 bits per heavy atom. The van der Waals surface area contributed by atoms with Crippen molar-refractivity contribution in [2.24, 2.45) is 5.73 Å². The topological polar surface area (TPSA) is 46.3 Å². The molecule has 76 valence electrons. The number of nitrogens with two attached hydrogens (primary N) is 1. The van der Waals surface area contributed by atoms with E-state index in [4.69, 9.17) is 5.73 Å². The van der Waals surface area contributed by atoms with Crippen LogP contribution in [0.5, 0.6) is 0 Å². The number of hydrogen-bond donors (Lipinski definition) is 1. The van der Waals surface area contributed by atoms with Gasteiger partial charge in [-0.3, -0.25) is 9.69 Å². The summed E-state index contributed by atoms with van der Waals surface area (Å²) >= 11 is 2.00. The molecule has 2 N–H and O–H groups in total. The molecule has 1 amide bonds. The highest BCUT2D eigenvalue weighted by atomic mass is 32.2. The Labute approximate surface area is 84.0 Å². The van der Waals surface area contributed by atoms with E-state index in [1.165, 1.54) is 17.9 Å². The molecule has 1 fully saturated rings. The van der Waals surface area contributed by atoms with Crippen LogP contribution in [0.15, 0.2) is 0 Å². The van der Waals surface area contributed by atoms with Gasteiger partial charge < -0.3 is 5.73 Å². The van der Waals surface area contributed by atoms with E-state index in [1.807, 2.05) is 11.8 Å². The van der Waals surface area contributed by atoms with Crippen LogP contribution in [0.25, 0.3) is 0 Å². The van der Waals surface area contributed by atoms with Crippen LogP contribution in [0.4, 0.5) is 0 Å². The van der Waals surface area contributed by atoms with Crippen molar-refractivity contribution in [2.45, 2.75) is 25.8 Å². The summed E-state index contributed by atoms with van der Waals surface area (Å²) in [5, 5.41) is 0. The van der Waals surface area contributed by atoms with Crippen molar-refractivity contribution in [3.05, 3.63) is 0 Å². The van der Waals surface area contributed by atoms with Crippen LogP contribution in [-0.2, 0) is 4.79 Å². The first-order valence-electron chi connectivity index (χ1n) is 4.80. The minimum atomic E-state index is -0.191. The summed E-state index contributed by atoms with van der Waals surface area (Å²) in [4.78, 5) is 13.0. The summed E-state index contributed by atoms with van der Waals surface area (Å²) in [7, 11) is 0. The molecule has 0 radical (unpaired) electrons. The number of thioether (sulfide) groups is 1. The van der Waals surface area contributed by atoms with E-state index in [9.17, 15) is 4.79 Å². The predicted molar refractivity (Wildman–Crippen MR) is 56.8 cm³/mol. The molecule has 1 unspecified atom stereocenters. The molecule has 3 nitrogen and oxygen atoms in total. The lowest BCUT2D eigenvalue weighted by atomic mass is 10.2. The molecule has 1 heterocycles. The molecule has 0 spiro atoms. The zero-order chi connectivity index (χ0) is 9.68. The van der Waals surface area contributed by atoms with Gasteiger partial charge in [0, 0.05) is 31.3 Å². The van der Waals surface area contributed by atoms with Crippen molar-refractivity contribution < 1.29 is 4.79 Å². The average Bonchev–Trinajstić information content (AvgIpc) is 2.27. The Morgan fingerprint density at radius 3 is 3.08 bits per heavy atom. The molecule has 1 aliphatic rings. The lowest BCUT2D eigenvalue weighted by Gasteiger charge is -2.25. The molecule has 1 saturated heterocycles. The van der Waals surface area contributed by atoms with Gasteiger partial charge in [-0.2, -0.15) is 11.8 Å². The molecule has 0 aromatic carbocycles. The van der Waals surface area contributed by atoms with Crippen LogP contribution in [-0.4, -0.2) is 41.4 Å². The van der Waals surface area contributed by atoms with Gasteiger partial charge >= 0.3 is 0 Å². The van der Waals surface area contributed by atoms with Gasteiger partial charge in [-0.25, -0.2) is 0 Å². The fraction of sp³-hybridized carbons (Fsp3) is 0.889. The third-order valence-electron chi connectivity index (χ3n) is 2.47. The average molecular weight is 202 g/mol. The van der Waals surface area contributed by atoms with Gasteiger partial charge in [-0.05, 0) is 19.1 Å². The molecule has 0 saturated carbocycles. The van der Waals surface area contributed by atoms with Crippen molar-refractivity contribution in [3.63, 3.8) is 0 Å². The molecule has 13 heavy (non-hydrogen) atoms. The van der Waals surface area contributed by atoms with Gasteiger partial charge in [0.2, 0.25) is 5.91 Å². The van der Waals surface area contributed by atoms with E-state index in [2.05, 4.69) is 11.8 Å². The summed E-state index contributed by atoms with van der Waals surface area (Å²) in [5.41, 5.74) is 5.12. The largest absolute Gasteiger partial charge is 0.370 e. The smallest absolute Gasteiger partial charge is 0.218 e. The van der Waals surface area contributed by atoms with Crippen LogP contribution in [0.2, 0.25) is 0 Å². The summed E-state index contributed by atoms with van der Waals surface area (Å²) in [6.07, 6.45) is 1.72. The normalized spacial score (nSPS) is 25.5. The Balaban J connectivity index is 2.31. The fourth-order valence-electron chi connectivity index (χ4n) is 1.53. The maximum atomic E-state index is 10.6. The van der Waals surface area contributed by atoms with Gasteiger partial charge in [-0.1, -0.05) is 0 Å². The number of nitrogens with zero attached hydrogens (tertiary/aromatic N) is 1. The SMILES string of the molecule is CC1CCSCCN1CCC(N)=O. The third-order valence-corrected chi connectivity index (χ3v) is 3.47. The molecule has 0 bridgehead atoms. The predicted octanol–water partition coefficient (Wildman–Crippen LogP) is 0.689. The van der Waals surface area contributed by atoms with Crippen LogP contribution < -0.4 is 5.73 Å². The zero-order valence-electron chi connectivity index (χ0n) is 8.16. The molecule has 4 heteroatoms. The maximum Gasteiger partial charge on any atom is 0.218 e. The van der Waals surface area contributed by atoms with Crippen LogP contribution in [0, 0.1) is 0 Å². The fourth-order valence-corrected chi connectivity index (χ4v) is 2.60. The van der Waals surface area contributed by atoms with Crippen LogP contribution in [0.3, 0.4) is 0 Å². The van der Waals surface area contributed by atoms with E-state index in [0.717, 1.165) is 13.1 Å². The number of primary amides is 1. The van der Waals surface area contributed by atoms with Gasteiger partial charge in [0.15, 0.2) is 0 Å². The summed E-state index contributed by atoms with van der Waals surface area (Å²) in [6.45, 7) is 4.16. The zero-order valence-corrected chi connectivity index (χ0v) is 8.98. The first-order chi connectivity index (χ1) is 6.20. The lowest BCUT2D eigenvalue weighted by molar-refractivity contribution is -0.118. The molecular formula is C9H18N2OS. The van der Waals surface area contributed by atoms with Crippen LogP contribution >= 0.6 is 11.8 Å². The Bertz CT molecular complexity index is 175. The molecule has 0 aromatic rings. The second-order valence-electron chi connectivity index (χ2n) is 3.50. The minimum Gasteiger partial charge on any atom is -0.370 e. The van der Waals surface area contributed by atoms with E-state index in [-0.39, 0.29) is 5.91 Å². The number of amides is 1. The van der Waals surface area contributed by atoms with Crippen molar-refractivity contribution in [2.75, 3.05) is 24.6 Å². The van der Waals surface area contributed by atoms with Gasteiger partial charge in [0.1, 0.15) is 0 Å². The van der Waals surface area contributed by atoms with Crippen molar-refractivity contribution in [3.8, 4) is 0 Å². The van der Waals surface area contributed by atoms with Crippen LogP contribution in [0.1, 0.15) is 19.8 Å². The summed E-state index contributed by atoms with van der Waals surface area (Å²) < 4.78 is 0. The lowest BCUT2D eigenvalue weighted by Crippen LogP contribution is -2.36. The standard InChI is InChI=1S/C9H18N2OS/c1-8-3-6-13-7-5-11(8)4-2-9(10)12/h8H,2-7H2,1H3,(H2,10,12). The molecule has 0 aromatic heterocycles. The molecule has 1 rings (SSSR count). The Hall–Kier alpha value is -0.220. The first kappa shape index (κ1) is 10.9. The Kier molecular flexibility index (Phi) is 4.59. The number of carbonyl (C=O) groups excluding carboxylic acids is 1. The van der Waals surface area contributed by atoms with Gasteiger partial charge in [0.05, 0.1) is 0 Å². The second kappa shape index (κ2) is 5.50. The molecule has 1 aliphatic heterocycles. The van der Waals surface area contributed by atoms with Gasteiger partial charge in [0.25, 0.3) is 0 Å². The highest BCUT2D eigenvalue weighted by molar-refractivity contribution is 7.99. The highest BCUT2D eigenvalue weighted by Gasteiger charge is 2.16. The van der Waals surface area contributed by atoms with Gasteiger partial charge in [-0.15, -0.1) is 0 Å². The van der Waals surface area contributed by atoms with E-state index in [0.29, 0.717) is 12.5 Å². The minimum absolute atomic E-state index is 0.191. The van der Waals surface area contributed by atoms with Crippen molar-refractivity contribution in [1.82, 2.24) is 4.90 Å². The monoisotopic (exact) mass is 202 g/mol. The highest BCUT2D eigenvalue weighted by Crippen LogP contribution is 2.15. The van der Waals surface area contributed by atoms with Crippen molar-refractivity contribution >= 4 is 17.7 Å². The molecular weight excluding hydrogens is 184 g/mol. The first-order valence-corrected chi connectivity index (χ1v) is 5.95. The maximum absolute atomic E-state index is 10.6. The summed E-state index contributed by atoms with van der Waals surface area (Å²) in [5.74, 6) is 2.24. The molecule has 1 atom stereocenters. The Morgan fingerprint density at radius 2 is 2.38 bits per heavy atom. The number of carbonyl (C=O) groups is 1. The number of hydrogen-bond acceptors (Lipinski definition) is 3. The second-order valence-corrected chi connectivity index (χ2v) is 4.73. The number of rotatable bonds is 3. The van der Waals surface area contributed by atoms with E-state index < -0.39 is 0 Å². The van der Waals surface area contributed by atoms with E-state index in [1.54, 1.807) is 0 Å². The molecule has 0 aliphatic carbocycles.